The first-order chi connectivity index (χ1) is 9.95. The number of aromatic nitrogens is 1. The zero-order valence-corrected chi connectivity index (χ0v) is 12.3. The fraction of sp³-hybridized carbons (Fsp3) is 0.533. The molecule has 0 saturated carbocycles. The number of ether oxygens (including phenoxy) is 1. The first kappa shape index (κ1) is 15.3. The molecule has 1 amide bonds. The Hall–Kier alpha value is -2.11. The number of aromatic amines is 1. The van der Waals surface area contributed by atoms with E-state index in [1.165, 1.54) is 12.3 Å². The van der Waals surface area contributed by atoms with Crippen molar-refractivity contribution < 1.29 is 14.3 Å². The highest BCUT2D eigenvalue weighted by molar-refractivity contribution is 5.91. The molecule has 1 aromatic heterocycles. The van der Waals surface area contributed by atoms with Gasteiger partial charge in [0.25, 0.3) is 5.91 Å². The molecule has 1 N–H and O–H groups in total. The Bertz CT molecular complexity index is 571. The first-order valence-electron chi connectivity index (χ1n) is 7.09. The molecule has 1 saturated heterocycles. The molecular weight excluding hydrogens is 272 g/mol. The van der Waals surface area contributed by atoms with Crippen molar-refractivity contribution in [1.29, 1.82) is 0 Å². The molecule has 21 heavy (non-hydrogen) atoms. The lowest BCUT2D eigenvalue weighted by Gasteiger charge is -2.34. The highest BCUT2D eigenvalue weighted by atomic mass is 16.5. The standard InChI is InChI=1S/C15H20N2O4/c1-10-5-11(2)8-17(7-10)14(19)9-21-15(20)12-3-4-16-13(18)6-12/h3-4,6,10-11H,5,7-9H2,1-2H3,(H,16,18). The van der Waals surface area contributed by atoms with Gasteiger partial charge in [-0.2, -0.15) is 0 Å². The SMILES string of the molecule is CC1CC(C)CN(C(=O)COC(=O)c2cc[nH]c(=O)c2)C1. The third-order valence-corrected chi connectivity index (χ3v) is 3.56. The topological polar surface area (TPSA) is 79.5 Å². The lowest BCUT2D eigenvalue weighted by molar-refractivity contribution is -0.137. The number of esters is 1. The highest BCUT2D eigenvalue weighted by Crippen LogP contribution is 2.20. The van der Waals surface area contributed by atoms with Gasteiger partial charge in [-0.05, 0) is 24.3 Å². The number of pyridine rings is 1. The van der Waals surface area contributed by atoms with Crippen molar-refractivity contribution in [1.82, 2.24) is 9.88 Å². The van der Waals surface area contributed by atoms with Gasteiger partial charge in [0.2, 0.25) is 5.56 Å². The van der Waals surface area contributed by atoms with E-state index in [0.29, 0.717) is 24.9 Å². The number of amides is 1. The van der Waals surface area contributed by atoms with Gasteiger partial charge in [0.1, 0.15) is 0 Å². The molecule has 6 heteroatoms. The highest BCUT2D eigenvalue weighted by Gasteiger charge is 2.26. The summed E-state index contributed by atoms with van der Waals surface area (Å²) in [5.41, 5.74) is -0.235. The van der Waals surface area contributed by atoms with Crippen LogP contribution in [0.5, 0.6) is 0 Å². The van der Waals surface area contributed by atoms with Crippen molar-refractivity contribution in [2.75, 3.05) is 19.7 Å². The van der Waals surface area contributed by atoms with Gasteiger partial charge in [-0.1, -0.05) is 13.8 Å². The number of hydrogen-bond donors (Lipinski definition) is 1. The van der Waals surface area contributed by atoms with Crippen molar-refractivity contribution in [3.63, 3.8) is 0 Å². The molecule has 0 bridgehead atoms. The summed E-state index contributed by atoms with van der Waals surface area (Å²) in [6.45, 7) is 5.33. The Labute approximate surface area is 123 Å². The van der Waals surface area contributed by atoms with Crippen molar-refractivity contribution in [2.24, 2.45) is 11.8 Å². The molecule has 0 aliphatic carbocycles. The fourth-order valence-electron chi connectivity index (χ4n) is 2.74. The van der Waals surface area contributed by atoms with Gasteiger partial charge in [0.15, 0.2) is 6.61 Å². The number of piperidine rings is 1. The number of carbonyl (C=O) groups is 2. The molecule has 1 fully saturated rings. The minimum absolute atomic E-state index is 0.145. The summed E-state index contributed by atoms with van der Waals surface area (Å²) in [5.74, 6) is 0.0707. The number of likely N-dealkylation sites (tertiary alicyclic amines) is 1. The molecule has 1 aliphatic heterocycles. The van der Waals surface area contributed by atoms with Gasteiger partial charge in [-0.25, -0.2) is 4.79 Å². The fourth-order valence-corrected chi connectivity index (χ4v) is 2.74. The molecule has 6 nitrogen and oxygen atoms in total. The van der Waals surface area contributed by atoms with Crippen LogP contribution in [0, 0.1) is 11.8 Å². The molecule has 1 aromatic rings. The van der Waals surface area contributed by atoms with Gasteiger partial charge in [0.05, 0.1) is 5.56 Å². The molecule has 0 radical (unpaired) electrons. The second kappa shape index (κ2) is 6.56. The summed E-state index contributed by atoms with van der Waals surface area (Å²) in [6.07, 6.45) is 2.48. The normalized spacial score (nSPS) is 21.9. The average Bonchev–Trinajstić information content (AvgIpc) is 2.43. The number of nitrogens with one attached hydrogen (secondary N) is 1. The van der Waals surface area contributed by atoms with Crippen LogP contribution < -0.4 is 5.56 Å². The maximum absolute atomic E-state index is 12.1. The lowest BCUT2D eigenvalue weighted by atomic mass is 9.92. The maximum Gasteiger partial charge on any atom is 0.338 e. The lowest BCUT2D eigenvalue weighted by Crippen LogP contribution is -2.44. The molecule has 1 aliphatic rings. The van der Waals surface area contributed by atoms with Gasteiger partial charge >= 0.3 is 5.97 Å². The molecule has 2 rings (SSSR count). The third-order valence-electron chi connectivity index (χ3n) is 3.56. The first-order valence-corrected chi connectivity index (χ1v) is 7.09. The molecule has 0 spiro atoms. The number of nitrogens with zero attached hydrogens (tertiary/aromatic N) is 1. The van der Waals surface area contributed by atoms with Crippen molar-refractivity contribution in [3.05, 3.63) is 34.2 Å². The molecule has 2 heterocycles. The molecule has 2 atom stereocenters. The van der Waals surface area contributed by atoms with E-state index < -0.39 is 5.97 Å². The number of carbonyl (C=O) groups excluding carboxylic acids is 2. The van der Waals surface area contributed by atoms with Crippen LogP contribution in [0.3, 0.4) is 0 Å². The van der Waals surface area contributed by atoms with Crippen LogP contribution in [0.1, 0.15) is 30.6 Å². The Kier molecular flexibility index (Phi) is 4.77. The van der Waals surface area contributed by atoms with Gasteiger partial charge in [-0.3, -0.25) is 9.59 Å². The summed E-state index contributed by atoms with van der Waals surface area (Å²) in [6, 6.07) is 2.59. The quantitative estimate of drug-likeness (QED) is 0.844. The number of H-pyrrole nitrogens is 1. The Morgan fingerprint density at radius 1 is 1.33 bits per heavy atom. The largest absolute Gasteiger partial charge is 0.452 e. The van der Waals surface area contributed by atoms with Crippen LogP contribution in [0.2, 0.25) is 0 Å². The predicted molar refractivity (Wildman–Crippen MR) is 76.9 cm³/mol. The van der Waals surface area contributed by atoms with Crippen LogP contribution in [0.25, 0.3) is 0 Å². The molecule has 2 unspecified atom stereocenters. The van der Waals surface area contributed by atoms with E-state index in [0.717, 1.165) is 12.5 Å². The van der Waals surface area contributed by atoms with E-state index in [1.807, 2.05) is 0 Å². The molecule has 114 valence electrons. The van der Waals surface area contributed by atoms with E-state index in [1.54, 1.807) is 4.90 Å². The Morgan fingerprint density at radius 2 is 2.00 bits per heavy atom. The van der Waals surface area contributed by atoms with Crippen molar-refractivity contribution >= 4 is 11.9 Å². The average molecular weight is 292 g/mol. The summed E-state index contributed by atoms with van der Waals surface area (Å²) in [7, 11) is 0. The van der Waals surface area contributed by atoms with Crippen LogP contribution >= 0.6 is 0 Å². The van der Waals surface area contributed by atoms with Crippen LogP contribution in [-0.2, 0) is 9.53 Å². The van der Waals surface area contributed by atoms with Crippen LogP contribution in [0.15, 0.2) is 23.1 Å². The van der Waals surface area contributed by atoms with Crippen molar-refractivity contribution in [3.8, 4) is 0 Å². The predicted octanol–water partition coefficient (Wildman–Crippen LogP) is 1.04. The minimum Gasteiger partial charge on any atom is -0.452 e. The summed E-state index contributed by atoms with van der Waals surface area (Å²) in [5, 5.41) is 0. The summed E-state index contributed by atoms with van der Waals surface area (Å²) in [4.78, 5) is 39.1. The number of rotatable bonds is 3. The maximum atomic E-state index is 12.1. The summed E-state index contributed by atoms with van der Waals surface area (Å²) < 4.78 is 4.99. The minimum atomic E-state index is -0.660. The Balaban J connectivity index is 1.89. The van der Waals surface area contributed by atoms with Crippen molar-refractivity contribution in [2.45, 2.75) is 20.3 Å². The zero-order chi connectivity index (χ0) is 15.4. The third kappa shape index (κ3) is 4.18. The van der Waals surface area contributed by atoms with E-state index in [-0.39, 0.29) is 23.6 Å². The van der Waals surface area contributed by atoms with E-state index in [2.05, 4.69) is 18.8 Å². The number of hydrogen-bond acceptors (Lipinski definition) is 4. The van der Waals surface area contributed by atoms with Gasteiger partial charge in [-0.15, -0.1) is 0 Å². The second-order valence-corrected chi connectivity index (χ2v) is 5.76. The van der Waals surface area contributed by atoms with Gasteiger partial charge < -0.3 is 14.6 Å². The summed E-state index contributed by atoms with van der Waals surface area (Å²) >= 11 is 0. The van der Waals surface area contributed by atoms with Crippen LogP contribution in [0.4, 0.5) is 0 Å². The van der Waals surface area contributed by atoms with E-state index >= 15 is 0 Å². The van der Waals surface area contributed by atoms with Gasteiger partial charge in [0, 0.05) is 25.4 Å². The Morgan fingerprint density at radius 3 is 2.62 bits per heavy atom. The monoisotopic (exact) mass is 292 g/mol. The molecule has 0 aromatic carbocycles. The molecular formula is C15H20N2O4. The van der Waals surface area contributed by atoms with E-state index in [4.69, 9.17) is 4.74 Å². The zero-order valence-electron chi connectivity index (χ0n) is 12.3. The van der Waals surface area contributed by atoms with E-state index in [9.17, 15) is 14.4 Å². The second-order valence-electron chi connectivity index (χ2n) is 5.76. The van der Waals surface area contributed by atoms with Crippen LogP contribution in [-0.4, -0.2) is 41.5 Å². The smallest absolute Gasteiger partial charge is 0.338 e.